The molecule has 0 fully saturated rings. The molecule has 0 N–H and O–H groups in total. The third kappa shape index (κ3) is 5.78. The van der Waals surface area contributed by atoms with Crippen LogP contribution in [0.3, 0.4) is 0 Å². The molecule has 29 heavy (non-hydrogen) atoms. The maximum absolute atomic E-state index is 12.9. The molecular weight excluding hydrogens is 387 g/mol. The highest BCUT2D eigenvalue weighted by atomic mass is 19.3. The van der Waals surface area contributed by atoms with E-state index in [1.54, 1.807) is 31.3 Å². The number of benzene rings is 2. The molecule has 152 valence electrons. The van der Waals surface area contributed by atoms with Crippen molar-refractivity contribution >= 4 is 5.91 Å². The molecule has 5 nitrogen and oxygen atoms in total. The molecule has 0 aliphatic carbocycles. The molecule has 0 aliphatic heterocycles. The Bertz CT molecular complexity index is 939. The van der Waals surface area contributed by atoms with E-state index >= 15 is 0 Å². The molecule has 1 amide bonds. The monoisotopic (exact) mass is 405 g/mol. The number of amides is 1. The van der Waals surface area contributed by atoms with Crippen molar-refractivity contribution < 1.29 is 31.9 Å². The first-order valence-corrected chi connectivity index (χ1v) is 8.67. The van der Waals surface area contributed by atoms with Gasteiger partial charge in [-0.3, -0.25) is 4.79 Å². The number of hydrogen-bond acceptors (Lipinski definition) is 4. The fraction of sp³-hybridized carbons (Fsp3) is 0.190. The Morgan fingerprint density at radius 3 is 2.31 bits per heavy atom. The number of ether oxygens (including phenoxy) is 2. The van der Waals surface area contributed by atoms with Crippen LogP contribution < -0.4 is 9.47 Å². The fourth-order valence-electron chi connectivity index (χ4n) is 2.57. The van der Waals surface area contributed by atoms with Crippen LogP contribution in [0.5, 0.6) is 11.5 Å². The van der Waals surface area contributed by atoms with E-state index in [1.807, 2.05) is 0 Å². The van der Waals surface area contributed by atoms with E-state index in [0.29, 0.717) is 11.5 Å². The summed E-state index contributed by atoms with van der Waals surface area (Å²) in [5, 5.41) is 0. The van der Waals surface area contributed by atoms with Crippen LogP contribution in [-0.2, 0) is 13.2 Å². The third-order valence-corrected chi connectivity index (χ3v) is 3.98. The average molecular weight is 405 g/mol. The molecular formula is C21H18F3NO4. The second-order valence-electron chi connectivity index (χ2n) is 6.19. The number of furan rings is 1. The number of rotatable bonds is 8. The number of halogens is 3. The molecule has 0 atom stereocenters. The molecule has 3 aromatic rings. The first-order valence-electron chi connectivity index (χ1n) is 8.67. The molecule has 0 saturated carbocycles. The molecule has 0 aliphatic rings. The summed E-state index contributed by atoms with van der Waals surface area (Å²) in [6.07, 6.45) is 0. The van der Waals surface area contributed by atoms with E-state index < -0.39 is 6.61 Å². The number of carbonyl (C=O) groups excluding carboxylic acids is 1. The van der Waals surface area contributed by atoms with Gasteiger partial charge in [0.2, 0.25) is 0 Å². The first kappa shape index (κ1) is 20.3. The van der Waals surface area contributed by atoms with Crippen molar-refractivity contribution in [2.75, 3.05) is 7.05 Å². The minimum Gasteiger partial charge on any atom is -0.486 e. The highest BCUT2D eigenvalue weighted by Gasteiger charge is 2.17. The van der Waals surface area contributed by atoms with Crippen molar-refractivity contribution in [3.63, 3.8) is 0 Å². The van der Waals surface area contributed by atoms with Crippen LogP contribution in [0, 0.1) is 5.82 Å². The quantitative estimate of drug-likeness (QED) is 0.537. The van der Waals surface area contributed by atoms with E-state index in [1.165, 1.54) is 41.3 Å². The molecule has 0 bridgehead atoms. The Balaban J connectivity index is 1.55. The summed E-state index contributed by atoms with van der Waals surface area (Å²) in [4.78, 5) is 13.9. The predicted octanol–water partition coefficient (Wildman–Crippen LogP) is 4.87. The fourth-order valence-corrected chi connectivity index (χ4v) is 2.57. The second-order valence-corrected chi connectivity index (χ2v) is 6.19. The van der Waals surface area contributed by atoms with Gasteiger partial charge in [0.1, 0.15) is 29.7 Å². The lowest BCUT2D eigenvalue weighted by Crippen LogP contribution is -2.25. The van der Waals surface area contributed by atoms with Gasteiger partial charge in [-0.05, 0) is 54.1 Å². The van der Waals surface area contributed by atoms with Gasteiger partial charge in [-0.2, -0.15) is 8.78 Å². The van der Waals surface area contributed by atoms with Crippen molar-refractivity contribution in [1.82, 2.24) is 4.90 Å². The van der Waals surface area contributed by atoms with E-state index in [9.17, 15) is 18.0 Å². The van der Waals surface area contributed by atoms with E-state index in [-0.39, 0.29) is 36.4 Å². The average Bonchev–Trinajstić information content (AvgIpc) is 3.17. The van der Waals surface area contributed by atoms with Crippen LogP contribution in [0.4, 0.5) is 13.2 Å². The summed E-state index contributed by atoms with van der Waals surface area (Å²) in [7, 11) is 1.60. The zero-order chi connectivity index (χ0) is 20.8. The van der Waals surface area contributed by atoms with Gasteiger partial charge in [0, 0.05) is 13.6 Å². The molecule has 0 spiro atoms. The van der Waals surface area contributed by atoms with Crippen molar-refractivity contribution in [3.8, 4) is 11.5 Å². The molecule has 8 heteroatoms. The number of carbonyl (C=O) groups is 1. The summed E-state index contributed by atoms with van der Waals surface area (Å²) < 4.78 is 52.6. The summed E-state index contributed by atoms with van der Waals surface area (Å²) in [6, 6.07) is 14.8. The zero-order valence-electron chi connectivity index (χ0n) is 15.5. The Morgan fingerprint density at radius 2 is 1.66 bits per heavy atom. The summed E-state index contributed by atoms with van der Waals surface area (Å²) in [6.45, 7) is -2.53. The van der Waals surface area contributed by atoms with Gasteiger partial charge in [-0.1, -0.05) is 12.1 Å². The Morgan fingerprint density at radius 1 is 1.00 bits per heavy atom. The normalized spacial score (nSPS) is 10.8. The first-order chi connectivity index (χ1) is 13.9. The molecule has 2 aromatic carbocycles. The molecule has 0 radical (unpaired) electrons. The number of hydrogen-bond donors (Lipinski definition) is 0. The zero-order valence-corrected chi connectivity index (χ0v) is 15.5. The standard InChI is InChI=1S/C21H18F3NO4/c1-25(12-14-2-6-17(7-3-14)29-21(23)24)20(26)19-11-10-18(28-19)13-27-16-8-4-15(22)5-9-16/h2-11,21H,12-13H2,1H3. The largest absolute Gasteiger partial charge is 0.486 e. The Hall–Kier alpha value is -3.42. The Kier molecular flexibility index (Phi) is 6.43. The molecule has 0 saturated heterocycles. The summed E-state index contributed by atoms with van der Waals surface area (Å²) in [5.41, 5.74) is 0.744. The highest BCUT2D eigenvalue weighted by Crippen LogP contribution is 2.18. The third-order valence-electron chi connectivity index (χ3n) is 3.98. The van der Waals surface area contributed by atoms with Crippen LogP contribution in [-0.4, -0.2) is 24.5 Å². The highest BCUT2D eigenvalue weighted by molar-refractivity contribution is 5.91. The second kappa shape index (κ2) is 9.18. The maximum Gasteiger partial charge on any atom is 0.387 e. The number of alkyl halides is 2. The van der Waals surface area contributed by atoms with Gasteiger partial charge in [-0.25, -0.2) is 4.39 Å². The van der Waals surface area contributed by atoms with Gasteiger partial charge in [0.25, 0.3) is 5.91 Å². The van der Waals surface area contributed by atoms with Gasteiger partial charge in [-0.15, -0.1) is 0 Å². The van der Waals surface area contributed by atoms with E-state index in [2.05, 4.69) is 4.74 Å². The van der Waals surface area contributed by atoms with Gasteiger partial charge < -0.3 is 18.8 Å². The van der Waals surface area contributed by atoms with E-state index in [0.717, 1.165) is 5.56 Å². The molecule has 0 unspecified atom stereocenters. The van der Waals surface area contributed by atoms with Crippen molar-refractivity contribution in [1.29, 1.82) is 0 Å². The van der Waals surface area contributed by atoms with Crippen LogP contribution in [0.25, 0.3) is 0 Å². The van der Waals surface area contributed by atoms with Crippen LogP contribution in [0.2, 0.25) is 0 Å². The van der Waals surface area contributed by atoms with Crippen LogP contribution in [0.15, 0.2) is 65.1 Å². The number of nitrogens with zero attached hydrogens (tertiary/aromatic N) is 1. The molecule has 1 heterocycles. The van der Waals surface area contributed by atoms with Crippen molar-refractivity contribution in [2.45, 2.75) is 19.8 Å². The lowest BCUT2D eigenvalue weighted by Gasteiger charge is -2.16. The van der Waals surface area contributed by atoms with Crippen molar-refractivity contribution in [2.24, 2.45) is 0 Å². The smallest absolute Gasteiger partial charge is 0.387 e. The lowest BCUT2D eigenvalue weighted by atomic mass is 10.2. The van der Waals surface area contributed by atoms with Gasteiger partial charge in [0.05, 0.1) is 0 Å². The van der Waals surface area contributed by atoms with Crippen LogP contribution >= 0.6 is 0 Å². The maximum atomic E-state index is 12.9. The SMILES string of the molecule is CN(Cc1ccc(OC(F)F)cc1)C(=O)c1ccc(COc2ccc(F)cc2)o1. The summed E-state index contributed by atoms with van der Waals surface area (Å²) >= 11 is 0. The predicted molar refractivity (Wildman–Crippen MR) is 98.3 cm³/mol. The molecule has 1 aromatic heterocycles. The minimum atomic E-state index is -2.88. The topological polar surface area (TPSA) is 51.9 Å². The van der Waals surface area contributed by atoms with Gasteiger partial charge in [0.15, 0.2) is 5.76 Å². The minimum absolute atomic E-state index is 0.0505. The van der Waals surface area contributed by atoms with Gasteiger partial charge >= 0.3 is 6.61 Å². The van der Waals surface area contributed by atoms with Crippen molar-refractivity contribution in [3.05, 3.63) is 83.6 Å². The van der Waals surface area contributed by atoms with Crippen LogP contribution in [0.1, 0.15) is 21.9 Å². The lowest BCUT2D eigenvalue weighted by molar-refractivity contribution is -0.0498. The van der Waals surface area contributed by atoms with E-state index in [4.69, 9.17) is 9.15 Å². The molecule has 3 rings (SSSR count). The Labute approximate surface area is 165 Å². The summed E-state index contributed by atoms with van der Waals surface area (Å²) in [5.74, 6) is 0.414.